The molecule has 0 saturated heterocycles. The molecule has 6 nitrogen and oxygen atoms in total. The van der Waals surface area contributed by atoms with Gasteiger partial charge in [-0.05, 0) is 54.7 Å². The first-order valence-corrected chi connectivity index (χ1v) is 14.7. The number of carbonyl (C=O) groups is 2. The van der Waals surface area contributed by atoms with Crippen LogP contribution < -0.4 is 16.0 Å². The van der Waals surface area contributed by atoms with Gasteiger partial charge in [-0.15, -0.1) is 0 Å². The van der Waals surface area contributed by atoms with Crippen LogP contribution in [-0.2, 0) is 4.79 Å². The summed E-state index contributed by atoms with van der Waals surface area (Å²) >= 11 is 0. The van der Waals surface area contributed by atoms with E-state index in [-0.39, 0.29) is 23.7 Å². The number of amides is 3. The first-order valence-electron chi connectivity index (χ1n) is 14.7. The van der Waals surface area contributed by atoms with Gasteiger partial charge in [-0.2, -0.15) is 0 Å². The van der Waals surface area contributed by atoms with E-state index in [9.17, 15) is 14.7 Å². The first-order chi connectivity index (χ1) is 18.5. The maximum atomic E-state index is 12.8. The van der Waals surface area contributed by atoms with E-state index in [1.165, 1.54) is 51.4 Å². The summed E-state index contributed by atoms with van der Waals surface area (Å²) in [5.41, 5.74) is 2.82. The van der Waals surface area contributed by atoms with E-state index in [2.05, 4.69) is 22.9 Å². The Labute approximate surface area is 230 Å². The highest BCUT2D eigenvalue weighted by molar-refractivity contribution is 5.89. The molecule has 0 fully saturated rings. The van der Waals surface area contributed by atoms with Crippen LogP contribution in [0.25, 0.3) is 11.1 Å². The van der Waals surface area contributed by atoms with Crippen molar-refractivity contribution in [3.8, 4) is 16.9 Å². The van der Waals surface area contributed by atoms with Crippen molar-refractivity contribution in [2.75, 3.05) is 12.4 Å². The van der Waals surface area contributed by atoms with E-state index in [1.54, 1.807) is 19.2 Å². The molecule has 0 aliphatic carbocycles. The number of urea groups is 1. The van der Waals surface area contributed by atoms with Crippen molar-refractivity contribution in [3.63, 3.8) is 0 Å². The van der Waals surface area contributed by atoms with Crippen molar-refractivity contribution in [1.82, 2.24) is 10.6 Å². The molecule has 4 N–H and O–H groups in total. The Kier molecular flexibility index (Phi) is 15.7. The van der Waals surface area contributed by atoms with Crippen LogP contribution in [0.4, 0.5) is 10.5 Å². The van der Waals surface area contributed by atoms with E-state index in [0.29, 0.717) is 6.42 Å². The second-order valence-electron chi connectivity index (χ2n) is 10.3. The molecule has 0 heterocycles. The number of nitrogens with one attached hydrogen (secondary N) is 3. The van der Waals surface area contributed by atoms with Crippen LogP contribution in [0.2, 0.25) is 0 Å². The Hall–Kier alpha value is -3.02. The first kappa shape index (κ1) is 31.2. The number of rotatable bonds is 19. The molecule has 0 spiro atoms. The van der Waals surface area contributed by atoms with Crippen LogP contribution in [0.1, 0.15) is 103 Å². The third-order valence-electron chi connectivity index (χ3n) is 7.07. The fraction of sp³-hybridized carbons (Fsp3) is 0.562. The lowest BCUT2D eigenvalue weighted by Crippen LogP contribution is -2.38. The van der Waals surface area contributed by atoms with Crippen LogP contribution >= 0.6 is 0 Å². The normalized spacial score (nSPS) is 11.6. The second kappa shape index (κ2) is 19.1. The molecule has 0 aliphatic heterocycles. The average molecular weight is 524 g/mol. The fourth-order valence-corrected chi connectivity index (χ4v) is 4.72. The minimum absolute atomic E-state index is 0.133. The predicted molar refractivity (Wildman–Crippen MR) is 158 cm³/mol. The van der Waals surface area contributed by atoms with Crippen molar-refractivity contribution in [1.29, 1.82) is 0 Å². The van der Waals surface area contributed by atoms with Gasteiger partial charge in [0.05, 0.1) is 0 Å². The van der Waals surface area contributed by atoms with Gasteiger partial charge in [0.2, 0.25) is 5.91 Å². The molecule has 0 aromatic heterocycles. The Bertz CT molecular complexity index is 913. The molecule has 210 valence electrons. The average Bonchev–Trinajstić information content (AvgIpc) is 2.92. The quantitative estimate of drug-likeness (QED) is 0.140. The van der Waals surface area contributed by atoms with Gasteiger partial charge in [0.25, 0.3) is 0 Å². The van der Waals surface area contributed by atoms with Crippen LogP contribution in [-0.4, -0.2) is 30.1 Å². The predicted octanol–water partition coefficient (Wildman–Crippen LogP) is 8.17. The Balaban J connectivity index is 1.74. The van der Waals surface area contributed by atoms with E-state index in [1.807, 2.05) is 36.4 Å². The van der Waals surface area contributed by atoms with Crippen molar-refractivity contribution in [2.45, 2.75) is 109 Å². The number of aromatic hydroxyl groups is 1. The highest BCUT2D eigenvalue weighted by atomic mass is 16.3. The monoisotopic (exact) mass is 523 g/mol. The number of anilines is 1. The number of hydrogen-bond acceptors (Lipinski definition) is 3. The number of carbonyl (C=O) groups excluding carboxylic acids is 2. The molecule has 2 aromatic rings. The number of benzene rings is 2. The van der Waals surface area contributed by atoms with E-state index >= 15 is 0 Å². The van der Waals surface area contributed by atoms with Gasteiger partial charge in [0, 0.05) is 25.2 Å². The van der Waals surface area contributed by atoms with Gasteiger partial charge in [-0.1, -0.05) is 102 Å². The lowest BCUT2D eigenvalue weighted by molar-refractivity contribution is -0.120. The highest BCUT2D eigenvalue weighted by Gasteiger charge is 2.12. The van der Waals surface area contributed by atoms with Crippen LogP contribution in [0.5, 0.6) is 5.75 Å². The summed E-state index contributed by atoms with van der Waals surface area (Å²) in [6.45, 7) is 2.23. The van der Waals surface area contributed by atoms with Gasteiger partial charge in [-0.25, -0.2) is 4.79 Å². The minimum Gasteiger partial charge on any atom is -0.508 e. The zero-order valence-corrected chi connectivity index (χ0v) is 23.6. The largest absolute Gasteiger partial charge is 0.508 e. The summed E-state index contributed by atoms with van der Waals surface area (Å²) in [7, 11) is 1.69. The third-order valence-corrected chi connectivity index (χ3v) is 7.07. The number of hydrogen-bond donors (Lipinski definition) is 4. The molecular formula is C32H49N3O3. The molecule has 38 heavy (non-hydrogen) atoms. The number of phenolic OH excluding ortho intramolecular Hbond substituents is 1. The highest BCUT2D eigenvalue weighted by Crippen LogP contribution is 2.23. The smallest absolute Gasteiger partial charge is 0.319 e. The maximum Gasteiger partial charge on any atom is 0.319 e. The maximum absolute atomic E-state index is 12.8. The number of phenols is 1. The Morgan fingerprint density at radius 1 is 0.711 bits per heavy atom. The lowest BCUT2D eigenvalue weighted by Gasteiger charge is -2.19. The summed E-state index contributed by atoms with van der Waals surface area (Å²) in [4.78, 5) is 24.1. The van der Waals surface area contributed by atoms with Crippen molar-refractivity contribution in [2.24, 2.45) is 0 Å². The van der Waals surface area contributed by atoms with Gasteiger partial charge in [0.1, 0.15) is 5.75 Å². The molecular weight excluding hydrogens is 474 g/mol. The summed E-state index contributed by atoms with van der Waals surface area (Å²) in [5.74, 6) is 0.381. The second-order valence-corrected chi connectivity index (χ2v) is 10.3. The lowest BCUT2D eigenvalue weighted by atomic mass is 10.00. The third kappa shape index (κ3) is 13.5. The summed E-state index contributed by atoms with van der Waals surface area (Å²) in [5, 5.41) is 18.4. The summed E-state index contributed by atoms with van der Waals surface area (Å²) in [6, 6.07) is 14.9. The van der Waals surface area contributed by atoms with E-state index in [0.717, 1.165) is 55.3 Å². The molecule has 0 aliphatic rings. The topological polar surface area (TPSA) is 90.5 Å². The van der Waals surface area contributed by atoms with Crippen LogP contribution in [0, 0.1) is 0 Å². The SMILES string of the molecule is CCCCCCCC(CCCCCCCCCC(=O)NC)NC(=O)Nc1ccc(-c2ccc(O)cc2)cc1. The molecule has 2 aromatic carbocycles. The molecule has 3 amide bonds. The van der Waals surface area contributed by atoms with Crippen LogP contribution in [0.15, 0.2) is 48.5 Å². The van der Waals surface area contributed by atoms with Gasteiger partial charge >= 0.3 is 6.03 Å². The van der Waals surface area contributed by atoms with Gasteiger partial charge in [-0.3, -0.25) is 4.79 Å². The van der Waals surface area contributed by atoms with Crippen molar-refractivity contribution in [3.05, 3.63) is 48.5 Å². The van der Waals surface area contributed by atoms with E-state index < -0.39 is 0 Å². The summed E-state index contributed by atoms with van der Waals surface area (Å²) < 4.78 is 0. The molecule has 0 saturated carbocycles. The van der Waals surface area contributed by atoms with Gasteiger partial charge in [0.15, 0.2) is 0 Å². The van der Waals surface area contributed by atoms with Crippen molar-refractivity contribution < 1.29 is 14.7 Å². The molecule has 0 radical (unpaired) electrons. The fourth-order valence-electron chi connectivity index (χ4n) is 4.72. The molecule has 1 atom stereocenters. The zero-order chi connectivity index (χ0) is 27.4. The molecule has 2 rings (SSSR count). The molecule has 1 unspecified atom stereocenters. The summed E-state index contributed by atoms with van der Waals surface area (Å²) in [6.07, 6.45) is 16.8. The van der Waals surface area contributed by atoms with E-state index in [4.69, 9.17) is 0 Å². The molecule has 0 bridgehead atoms. The van der Waals surface area contributed by atoms with Crippen molar-refractivity contribution >= 4 is 17.6 Å². The Morgan fingerprint density at radius 2 is 1.21 bits per heavy atom. The van der Waals surface area contributed by atoms with Crippen LogP contribution in [0.3, 0.4) is 0 Å². The molecule has 6 heteroatoms. The Morgan fingerprint density at radius 3 is 1.76 bits per heavy atom. The number of unbranched alkanes of at least 4 members (excludes halogenated alkanes) is 10. The zero-order valence-electron chi connectivity index (χ0n) is 23.6. The van der Waals surface area contributed by atoms with Gasteiger partial charge < -0.3 is 21.1 Å². The minimum atomic E-state index is -0.142. The standard InChI is InChI=1S/C32H49N3O3/c1-3-4-5-9-12-15-28(16-13-10-7-6-8-11-14-17-31(37)33-2)34-32(38)35-29-22-18-26(19-23-29)27-20-24-30(36)25-21-27/h18-25,28,36H,3-17H2,1-2H3,(H,33,37)(H2,34,35,38).